The number of nitrogens with one attached hydrogen (secondary N) is 4. The number of likely N-dealkylation sites (tertiary alicyclic amines) is 2. The van der Waals surface area contributed by atoms with Gasteiger partial charge in [0.15, 0.2) is 0 Å². The van der Waals surface area contributed by atoms with E-state index >= 15 is 0 Å². The van der Waals surface area contributed by atoms with Gasteiger partial charge in [-0.3, -0.25) is 47.8 Å². The molecule has 0 bridgehead atoms. The van der Waals surface area contributed by atoms with Crippen LogP contribution in [0, 0.1) is 0 Å². The highest BCUT2D eigenvalue weighted by Gasteiger charge is 2.37. The van der Waals surface area contributed by atoms with Crippen molar-refractivity contribution in [2.75, 3.05) is 48.8 Å². The first-order valence-corrected chi connectivity index (χ1v) is 13.2. The van der Waals surface area contributed by atoms with Gasteiger partial charge in [-0.2, -0.15) is 27.1 Å². The van der Waals surface area contributed by atoms with Crippen LogP contribution in [0.2, 0.25) is 0 Å². The molecule has 54 heavy (non-hydrogen) atoms. The summed E-state index contributed by atoms with van der Waals surface area (Å²) in [5.74, 6) is -2.97. The summed E-state index contributed by atoms with van der Waals surface area (Å²) in [6.07, 6.45) is -1.38. The molecule has 0 radical (unpaired) electrons. The molecule has 0 atom stereocenters. The number of alkyl halides is 5. The Labute approximate surface area is 320 Å². The van der Waals surface area contributed by atoms with Crippen molar-refractivity contribution in [2.24, 2.45) is 7.05 Å². The molecule has 0 aromatic carbocycles. The Morgan fingerprint density at radius 3 is 1.13 bits per heavy atom. The Kier molecular flexibility index (Phi) is 73.9. The van der Waals surface area contributed by atoms with Gasteiger partial charge < -0.3 is 26.2 Å². The molecule has 0 aliphatic carbocycles. The highest BCUT2D eigenvalue weighted by Crippen LogP contribution is 2.13. The van der Waals surface area contributed by atoms with Crippen molar-refractivity contribution in [3.05, 3.63) is 18.5 Å². The third kappa shape index (κ3) is 54.1. The molecule has 2 saturated heterocycles. The van der Waals surface area contributed by atoms with E-state index < -0.39 is 24.4 Å². The molecule has 7 amide bonds. The smallest absolute Gasteiger partial charge is 0.359 e. The zero-order chi connectivity index (χ0) is 37.0. The van der Waals surface area contributed by atoms with Crippen LogP contribution < -0.4 is 21.3 Å². The topological polar surface area (TPSA) is 192 Å². The summed E-state index contributed by atoms with van der Waals surface area (Å²) >= 11 is 0. The van der Waals surface area contributed by atoms with E-state index in [-0.39, 0.29) is 80.3 Å². The van der Waals surface area contributed by atoms with Gasteiger partial charge in [0.05, 0.1) is 0 Å². The Hall–Kier alpha value is -4.72. The maximum absolute atomic E-state index is 11.0. The Bertz CT molecular complexity index is 1030. The average Bonchev–Trinajstić information content (AvgIpc) is 3.71. The van der Waals surface area contributed by atoms with E-state index in [1.807, 2.05) is 26.4 Å². The van der Waals surface area contributed by atoms with Crippen molar-refractivity contribution in [1.82, 2.24) is 40.8 Å². The molecule has 3 heterocycles. The number of carbonyl (C=O) groups excluding carboxylic acids is 7. The van der Waals surface area contributed by atoms with E-state index in [2.05, 4.69) is 15.7 Å². The van der Waals surface area contributed by atoms with Gasteiger partial charge in [-0.25, -0.2) is 0 Å². The molecular formula is C33H74F6N8O7. The molecule has 1 aromatic rings. The molecule has 0 saturated carbocycles. The van der Waals surface area contributed by atoms with Crippen molar-refractivity contribution in [3.8, 4) is 0 Å². The monoisotopic (exact) mass is 809 g/mol. The summed E-state index contributed by atoms with van der Waals surface area (Å²) < 4.78 is 56.9. The molecule has 4 N–H and O–H groups in total. The van der Waals surface area contributed by atoms with Crippen LogP contribution in [-0.2, 0) is 40.6 Å². The Balaban J connectivity index is -0.0000000374. The van der Waals surface area contributed by atoms with Gasteiger partial charge in [0.1, 0.15) is 0 Å². The maximum atomic E-state index is 11.0. The number of aryl methyl sites for hydroxylation is 1. The van der Waals surface area contributed by atoms with Crippen molar-refractivity contribution in [1.29, 1.82) is 0 Å². The number of nitrogens with zero attached hydrogens (tertiary/aromatic N) is 4. The van der Waals surface area contributed by atoms with Crippen molar-refractivity contribution >= 4 is 41.4 Å². The van der Waals surface area contributed by atoms with Gasteiger partial charge >= 0.3 is 18.5 Å². The molecule has 2 fully saturated rings. The fourth-order valence-electron chi connectivity index (χ4n) is 2.07. The number of halogens is 6. The van der Waals surface area contributed by atoms with E-state index in [0.717, 1.165) is 33.5 Å². The second kappa shape index (κ2) is 48.3. The number of carbonyl (C=O) groups is 7. The zero-order valence-corrected chi connectivity index (χ0v) is 27.8. The lowest BCUT2D eigenvalue weighted by molar-refractivity contribution is -0.173. The molecule has 21 heteroatoms. The van der Waals surface area contributed by atoms with Crippen LogP contribution in [0.5, 0.6) is 0 Å². The standard InChI is InChI=1S/C5H7NO2.C5H9NO.C4H6N2.C3H4F3NO.C3H5F2NO.2C3H7NO.7CH4.FH/c1-6-4(7)2-3-5(6)8;1-6-4-2-3-5(6)7;1-6-4-2-3-5-6;1-7-2(8)3(4,5)6;1-6-3(7)2(4)5;2*1-3(5)4-2;;;;;;;;/h2-3H2,1H3;2-4H2,1H3;2-4H,1H3;1H3,(H,7,8);2H,1H3,(H,6,7);2*1-2H3,(H,4,5);7*1H4;1H. The predicted octanol–water partition coefficient (Wildman–Crippen LogP) is 4.83. The average molecular weight is 809 g/mol. The SMILES string of the molecule is C.C.C.C.C.C.C.CN1C(=O)CCC1=O.CN1CCCC1=O.CNC(=O)C(F)(F)F.CNC(=O)C(F)F.CNC(C)=O.CNC(C)=O.Cn1cccn1.F. The lowest BCUT2D eigenvalue weighted by atomic mass is 10.4. The molecule has 3 rings (SSSR count). The Morgan fingerprint density at radius 2 is 1.07 bits per heavy atom. The summed E-state index contributed by atoms with van der Waals surface area (Å²) in [5, 5.41) is 11.8. The van der Waals surface area contributed by atoms with Gasteiger partial charge in [0.25, 0.3) is 5.91 Å². The lowest BCUT2D eigenvalue weighted by Crippen LogP contribution is -2.33. The summed E-state index contributed by atoms with van der Waals surface area (Å²) in [4.78, 5) is 73.1. The molecule has 1 aromatic heterocycles. The van der Waals surface area contributed by atoms with Gasteiger partial charge in [-0.15, -0.1) is 0 Å². The van der Waals surface area contributed by atoms with Crippen molar-refractivity contribution < 1.29 is 60.2 Å². The second-order valence-electron chi connectivity index (χ2n) is 8.55. The minimum atomic E-state index is -4.74. The first kappa shape index (κ1) is 82.7. The summed E-state index contributed by atoms with van der Waals surface area (Å²) in [7, 11) is 10.5. The van der Waals surface area contributed by atoms with Crippen molar-refractivity contribution in [2.45, 2.75) is 104 Å². The van der Waals surface area contributed by atoms with Crippen LogP contribution in [-0.4, -0.2) is 122 Å². The molecule has 15 nitrogen and oxygen atoms in total. The van der Waals surface area contributed by atoms with Gasteiger partial charge in [0, 0.05) is 101 Å². The number of aromatic nitrogens is 2. The molecule has 330 valence electrons. The molecule has 0 unspecified atom stereocenters. The highest BCUT2D eigenvalue weighted by molar-refractivity contribution is 6.01. The number of hydrogen-bond donors (Lipinski definition) is 4. The molecule has 2 aliphatic rings. The fourth-order valence-corrected chi connectivity index (χ4v) is 2.07. The van der Waals surface area contributed by atoms with Crippen LogP contribution >= 0.6 is 0 Å². The van der Waals surface area contributed by atoms with E-state index in [4.69, 9.17) is 0 Å². The minimum absolute atomic E-state index is 0. The van der Waals surface area contributed by atoms with E-state index in [0.29, 0.717) is 18.7 Å². The maximum Gasteiger partial charge on any atom is 0.471 e. The third-order valence-corrected chi connectivity index (χ3v) is 4.88. The van der Waals surface area contributed by atoms with E-state index in [1.165, 1.54) is 31.1 Å². The molecule has 0 spiro atoms. The molecular weight excluding hydrogens is 734 g/mol. The number of rotatable bonds is 1. The fraction of sp³-hybridized carbons (Fsp3) is 0.697. The summed E-state index contributed by atoms with van der Waals surface area (Å²) in [6.45, 7) is 3.90. The van der Waals surface area contributed by atoms with E-state index in [1.54, 1.807) is 35.2 Å². The quantitative estimate of drug-likeness (QED) is 0.229. The van der Waals surface area contributed by atoms with Crippen LogP contribution in [0.15, 0.2) is 18.5 Å². The third-order valence-electron chi connectivity index (χ3n) is 4.88. The first-order valence-electron chi connectivity index (χ1n) is 13.2. The van der Waals surface area contributed by atoms with Crippen LogP contribution in [0.25, 0.3) is 0 Å². The first-order chi connectivity index (χ1) is 21.1. The van der Waals surface area contributed by atoms with Gasteiger partial charge in [0.2, 0.25) is 29.5 Å². The molecule has 2 aliphatic heterocycles. The number of amides is 7. The van der Waals surface area contributed by atoms with Gasteiger partial charge in [-0.1, -0.05) is 52.0 Å². The number of hydrogen-bond acceptors (Lipinski definition) is 8. The summed E-state index contributed by atoms with van der Waals surface area (Å²) in [5.41, 5.74) is 0. The highest BCUT2D eigenvalue weighted by atomic mass is 19.4. The largest absolute Gasteiger partial charge is 0.471 e. The van der Waals surface area contributed by atoms with Crippen molar-refractivity contribution in [3.63, 3.8) is 0 Å². The van der Waals surface area contributed by atoms with E-state index in [9.17, 15) is 55.5 Å². The lowest BCUT2D eigenvalue weighted by Gasteiger charge is -2.03. The second-order valence-corrected chi connectivity index (χ2v) is 8.55. The predicted molar refractivity (Wildman–Crippen MR) is 206 cm³/mol. The zero-order valence-electron chi connectivity index (χ0n) is 27.8. The summed E-state index contributed by atoms with van der Waals surface area (Å²) in [6, 6.07) is 1.89. The minimum Gasteiger partial charge on any atom is -0.359 e. The van der Waals surface area contributed by atoms with Gasteiger partial charge in [-0.05, 0) is 12.5 Å². The van der Waals surface area contributed by atoms with Crippen LogP contribution in [0.3, 0.4) is 0 Å². The number of imide groups is 1. The Morgan fingerprint density at radius 1 is 0.704 bits per heavy atom. The van der Waals surface area contributed by atoms with Crippen LogP contribution in [0.4, 0.5) is 26.7 Å². The normalized spacial score (nSPS) is 10.8. The van der Waals surface area contributed by atoms with Crippen LogP contribution in [0.1, 0.15) is 91.5 Å².